The Balaban J connectivity index is 1.49. The fourth-order valence-electron chi connectivity index (χ4n) is 3.78. The monoisotopic (exact) mass is 518 g/mol. The molecule has 0 spiro atoms. The molecule has 1 aliphatic carbocycles. The molecule has 0 radical (unpaired) electrons. The number of fused-ring (bicyclic) bond motifs is 1. The molecule has 9 heteroatoms. The van der Waals surface area contributed by atoms with Crippen molar-refractivity contribution in [1.82, 2.24) is 9.78 Å². The van der Waals surface area contributed by atoms with Crippen molar-refractivity contribution < 1.29 is 9.53 Å². The normalized spacial score (nSPS) is 15.3. The highest BCUT2D eigenvalue weighted by atomic mass is 79.9. The molecule has 1 aliphatic rings. The zero-order chi connectivity index (χ0) is 22.0. The number of carbonyl (C=O) groups is 1. The minimum atomic E-state index is -0.315. The van der Waals surface area contributed by atoms with Crippen LogP contribution in [0.5, 0.6) is 0 Å². The summed E-state index contributed by atoms with van der Waals surface area (Å²) in [4.78, 5) is 13.7. The van der Waals surface area contributed by atoms with E-state index in [1.807, 2.05) is 35.1 Å². The lowest BCUT2D eigenvalue weighted by molar-refractivity contribution is 0.0601. The number of hydrogen-bond acceptors (Lipinski definition) is 5. The van der Waals surface area contributed by atoms with Crippen LogP contribution in [0.2, 0.25) is 0 Å². The topological polar surface area (TPSA) is 68.2 Å². The van der Waals surface area contributed by atoms with E-state index in [0.717, 1.165) is 45.6 Å². The van der Waals surface area contributed by atoms with E-state index in [2.05, 4.69) is 38.6 Å². The Bertz CT molecular complexity index is 1120. The molecule has 0 saturated carbocycles. The highest BCUT2D eigenvalue weighted by Crippen LogP contribution is 2.40. The van der Waals surface area contributed by atoms with Crippen LogP contribution in [0, 0.1) is 5.92 Å². The quantitative estimate of drug-likeness (QED) is 0.344. The van der Waals surface area contributed by atoms with E-state index >= 15 is 0 Å². The second-order valence-corrected chi connectivity index (χ2v) is 10.1. The summed E-state index contributed by atoms with van der Waals surface area (Å²) in [6, 6.07) is 8.01. The molecule has 0 amide bonds. The standard InChI is InChI=1S/C22H23BrN4O2S2/c1-13-6-7-17-18(8-13)31-20(19(17)21(28)29-2)26-22(30)25-16-5-3-4-14(9-16)11-27-12-15(23)10-24-27/h3-5,9-10,12-13H,6-8,11H2,1-2H3,(H2,25,26,30). The number of nitrogens with zero attached hydrogens (tertiary/aromatic N) is 2. The zero-order valence-corrected chi connectivity index (χ0v) is 20.5. The molecule has 2 N–H and O–H groups in total. The van der Waals surface area contributed by atoms with E-state index < -0.39 is 0 Å². The van der Waals surface area contributed by atoms with Gasteiger partial charge in [0.2, 0.25) is 0 Å². The van der Waals surface area contributed by atoms with Gasteiger partial charge < -0.3 is 15.4 Å². The largest absolute Gasteiger partial charge is 0.465 e. The number of carbonyl (C=O) groups excluding carboxylic acids is 1. The molecule has 1 unspecified atom stereocenters. The van der Waals surface area contributed by atoms with Crippen molar-refractivity contribution in [3.05, 3.63) is 62.7 Å². The number of anilines is 2. The lowest BCUT2D eigenvalue weighted by Crippen LogP contribution is -2.20. The summed E-state index contributed by atoms with van der Waals surface area (Å²) in [7, 11) is 1.42. The SMILES string of the molecule is COC(=O)c1c(NC(=S)Nc2cccc(Cn3cc(Br)cn3)c2)sc2c1CCC(C)C2. The lowest BCUT2D eigenvalue weighted by atomic mass is 9.88. The molecule has 2 heterocycles. The van der Waals surface area contributed by atoms with E-state index in [0.29, 0.717) is 23.1 Å². The average molecular weight is 519 g/mol. The Morgan fingerprint density at radius 1 is 1.42 bits per heavy atom. The van der Waals surface area contributed by atoms with Crippen molar-refractivity contribution in [2.24, 2.45) is 5.92 Å². The maximum atomic E-state index is 12.5. The number of methoxy groups -OCH3 is 1. The van der Waals surface area contributed by atoms with Crippen molar-refractivity contribution >= 4 is 61.3 Å². The van der Waals surface area contributed by atoms with Crippen molar-refractivity contribution in [1.29, 1.82) is 0 Å². The summed E-state index contributed by atoms with van der Waals surface area (Å²) in [5.41, 5.74) is 3.69. The first-order valence-electron chi connectivity index (χ1n) is 10.0. The summed E-state index contributed by atoms with van der Waals surface area (Å²) < 4.78 is 7.86. The molecule has 1 atom stereocenters. The maximum Gasteiger partial charge on any atom is 0.341 e. The Hall–Kier alpha value is -2.23. The number of aromatic nitrogens is 2. The molecule has 0 bridgehead atoms. The van der Waals surface area contributed by atoms with E-state index in [1.54, 1.807) is 17.5 Å². The minimum Gasteiger partial charge on any atom is -0.465 e. The molecule has 0 fully saturated rings. The number of esters is 1. The van der Waals surface area contributed by atoms with Crippen LogP contribution in [-0.2, 0) is 24.1 Å². The lowest BCUT2D eigenvalue weighted by Gasteiger charge is -2.18. The van der Waals surface area contributed by atoms with Gasteiger partial charge in [0, 0.05) is 16.8 Å². The molecule has 4 rings (SSSR count). The summed E-state index contributed by atoms with van der Waals surface area (Å²) >= 11 is 10.6. The molecule has 0 aliphatic heterocycles. The van der Waals surface area contributed by atoms with E-state index in [9.17, 15) is 4.79 Å². The number of benzene rings is 1. The molecular weight excluding hydrogens is 496 g/mol. The van der Waals surface area contributed by atoms with Crippen LogP contribution in [0.3, 0.4) is 0 Å². The predicted octanol–water partition coefficient (Wildman–Crippen LogP) is 5.48. The van der Waals surface area contributed by atoms with E-state index in [4.69, 9.17) is 17.0 Å². The summed E-state index contributed by atoms with van der Waals surface area (Å²) in [6.45, 7) is 2.90. The second kappa shape index (κ2) is 9.50. The third kappa shape index (κ3) is 5.16. The molecule has 1 aromatic carbocycles. The van der Waals surface area contributed by atoms with Gasteiger partial charge in [0.15, 0.2) is 5.11 Å². The smallest absolute Gasteiger partial charge is 0.341 e. The molecule has 6 nitrogen and oxygen atoms in total. The second-order valence-electron chi connectivity index (χ2n) is 7.68. The van der Waals surface area contributed by atoms with Gasteiger partial charge in [0.1, 0.15) is 5.00 Å². The number of halogens is 1. The number of hydrogen-bond donors (Lipinski definition) is 2. The highest BCUT2D eigenvalue weighted by Gasteiger charge is 2.28. The third-order valence-corrected chi connectivity index (χ3v) is 7.04. The van der Waals surface area contributed by atoms with Gasteiger partial charge in [-0.25, -0.2) is 4.79 Å². The molecule has 2 aromatic heterocycles. The number of ether oxygens (including phenoxy) is 1. The van der Waals surface area contributed by atoms with Gasteiger partial charge in [-0.15, -0.1) is 11.3 Å². The summed E-state index contributed by atoms with van der Waals surface area (Å²) in [5.74, 6) is 0.303. The van der Waals surface area contributed by atoms with Crippen LogP contribution in [0.15, 0.2) is 41.1 Å². The van der Waals surface area contributed by atoms with Crippen LogP contribution in [0.1, 0.15) is 39.7 Å². The Morgan fingerprint density at radius 2 is 2.26 bits per heavy atom. The molecule has 162 valence electrons. The van der Waals surface area contributed by atoms with Crippen LogP contribution in [-0.4, -0.2) is 28.0 Å². The van der Waals surface area contributed by atoms with Crippen molar-refractivity contribution in [2.75, 3.05) is 17.7 Å². The number of thiophene rings is 1. The van der Waals surface area contributed by atoms with Gasteiger partial charge in [-0.3, -0.25) is 4.68 Å². The molecule has 0 saturated heterocycles. The Kier molecular flexibility index (Phi) is 6.74. The maximum absolute atomic E-state index is 12.5. The van der Waals surface area contributed by atoms with Gasteiger partial charge >= 0.3 is 5.97 Å². The van der Waals surface area contributed by atoms with Crippen LogP contribution >= 0.6 is 39.5 Å². The highest BCUT2D eigenvalue weighted by molar-refractivity contribution is 9.10. The van der Waals surface area contributed by atoms with Gasteiger partial charge in [0.05, 0.1) is 29.9 Å². The van der Waals surface area contributed by atoms with Crippen LogP contribution < -0.4 is 10.6 Å². The van der Waals surface area contributed by atoms with Crippen molar-refractivity contribution in [3.8, 4) is 0 Å². The number of rotatable bonds is 5. The summed E-state index contributed by atoms with van der Waals surface area (Å²) in [6.07, 6.45) is 6.65. The van der Waals surface area contributed by atoms with Crippen molar-refractivity contribution in [2.45, 2.75) is 32.7 Å². The van der Waals surface area contributed by atoms with Crippen LogP contribution in [0.25, 0.3) is 0 Å². The van der Waals surface area contributed by atoms with Gasteiger partial charge in [0.25, 0.3) is 0 Å². The molecular formula is C22H23BrN4O2S2. The van der Waals surface area contributed by atoms with Gasteiger partial charge in [-0.2, -0.15) is 5.10 Å². The minimum absolute atomic E-state index is 0.315. The fraction of sp³-hybridized carbons (Fsp3) is 0.318. The number of nitrogens with one attached hydrogen (secondary N) is 2. The Labute approximate surface area is 199 Å². The van der Waals surface area contributed by atoms with Crippen molar-refractivity contribution in [3.63, 3.8) is 0 Å². The van der Waals surface area contributed by atoms with Gasteiger partial charge in [-0.1, -0.05) is 19.1 Å². The molecule has 3 aromatic rings. The van der Waals surface area contributed by atoms with E-state index in [-0.39, 0.29) is 5.97 Å². The van der Waals surface area contributed by atoms with E-state index in [1.165, 1.54) is 12.0 Å². The average Bonchev–Trinajstić information content (AvgIpc) is 3.29. The predicted molar refractivity (Wildman–Crippen MR) is 132 cm³/mol. The van der Waals surface area contributed by atoms with Gasteiger partial charge in [-0.05, 0) is 76.6 Å². The zero-order valence-electron chi connectivity index (χ0n) is 17.3. The van der Waals surface area contributed by atoms with Crippen LogP contribution in [0.4, 0.5) is 10.7 Å². The molecule has 31 heavy (non-hydrogen) atoms. The summed E-state index contributed by atoms with van der Waals surface area (Å²) in [5, 5.41) is 12.0. The fourth-order valence-corrected chi connectivity index (χ4v) is 5.80. The third-order valence-electron chi connectivity index (χ3n) is 5.26. The first-order valence-corrected chi connectivity index (χ1v) is 12.0. The number of thiocarbonyl (C=S) groups is 1. The Morgan fingerprint density at radius 3 is 3.00 bits per heavy atom. The first kappa shape index (κ1) is 22.0. The first-order chi connectivity index (χ1) is 14.9.